The van der Waals surface area contributed by atoms with Crippen molar-refractivity contribution in [3.05, 3.63) is 12.7 Å². The summed E-state index contributed by atoms with van der Waals surface area (Å²) < 4.78 is 1.85. The van der Waals surface area contributed by atoms with E-state index in [0.717, 1.165) is 19.0 Å². The summed E-state index contributed by atoms with van der Waals surface area (Å²) in [6.45, 7) is 8.63. The molecule has 4 heteroatoms. The van der Waals surface area contributed by atoms with E-state index in [4.69, 9.17) is 0 Å². The predicted molar refractivity (Wildman–Crippen MR) is 61.6 cm³/mol. The highest BCUT2D eigenvalue weighted by Crippen LogP contribution is 2.05. The molecule has 0 fully saturated rings. The molecule has 0 aliphatic carbocycles. The maximum atomic E-state index is 4.05. The van der Waals surface area contributed by atoms with E-state index in [0.29, 0.717) is 6.04 Å². The third-order valence-corrected chi connectivity index (χ3v) is 2.48. The first-order valence-corrected chi connectivity index (χ1v) is 5.74. The third-order valence-electron chi connectivity index (χ3n) is 2.48. The number of nitrogens with zero attached hydrogens (tertiary/aromatic N) is 3. The average Bonchev–Trinajstić information content (AvgIpc) is 2.67. The van der Waals surface area contributed by atoms with Crippen LogP contribution < -0.4 is 5.32 Å². The molecule has 1 unspecified atom stereocenters. The van der Waals surface area contributed by atoms with Crippen LogP contribution in [0.2, 0.25) is 0 Å². The summed E-state index contributed by atoms with van der Waals surface area (Å²) in [5.41, 5.74) is 0. The van der Waals surface area contributed by atoms with Gasteiger partial charge in [-0.1, -0.05) is 13.8 Å². The number of hydrogen-bond donors (Lipinski definition) is 1. The van der Waals surface area contributed by atoms with Crippen LogP contribution in [0.3, 0.4) is 0 Å². The second kappa shape index (κ2) is 6.56. The van der Waals surface area contributed by atoms with Crippen molar-refractivity contribution in [2.45, 2.75) is 46.2 Å². The minimum atomic E-state index is 0.593. The minimum Gasteiger partial charge on any atom is -0.312 e. The molecule has 0 radical (unpaired) electrons. The zero-order valence-corrected chi connectivity index (χ0v) is 9.98. The van der Waals surface area contributed by atoms with Crippen molar-refractivity contribution in [2.75, 3.05) is 6.54 Å². The van der Waals surface area contributed by atoms with E-state index in [1.165, 1.54) is 12.8 Å². The van der Waals surface area contributed by atoms with Crippen LogP contribution in [0.5, 0.6) is 0 Å². The van der Waals surface area contributed by atoms with Crippen LogP contribution in [-0.2, 0) is 6.54 Å². The lowest BCUT2D eigenvalue weighted by molar-refractivity contribution is 0.434. The molecule has 0 saturated carbocycles. The number of hydrogen-bond acceptors (Lipinski definition) is 3. The molecule has 1 heterocycles. The molecule has 1 N–H and O–H groups in total. The zero-order valence-electron chi connectivity index (χ0n) is 9.98. The van der Waals surface area contributed by atoms with E-state index in [2.05, 4.69) is 36.2 Å². The van der Waals surface area contributed by atoms with Crippen LogP contribution in [-0.4, -0.2) is 27.4 Å². The molecule has 15 heavy (non-hydrogen) atoms. The van der Waals surface area contributed by atoms with Gasteiger partial charge in [0.1, 0.15) is 12.7 Å². The maximum Gasteiger partial charge on any atom is 0.137 e. The Morgan fingerprint density at radius 1 is 1.27 bits per heavy atom. The van der Waals surface area contributed by atoms with Crippen LogP contribution in [0.1, 0.15) is 33.6 Å². The Kier molecular flexibility index (Phi) is 5.32. The summed E-state index contributed by atoms with van der Waals surface area (Å²) in [6.07, 6.45) is 5.86. The molecule has 0 aliphatic rings. The van der Waals surface area contributed by atoms with Gasteiger partial charge in [0.25, 0.3) is 0 Å². The van der Waals surface area contributed by atoms with Gasteiger partial charge >= 0.3 is 0 Å². The molecule has 4 nitrogen and oxygen atoms in total. The van der Waals surface area contributed by atoms with Gasteiger partial charge in [0.2, 0.25) is 0 Å². The lowest BCUT2D eigenvalue weighted by Crippen LogP contribution is -2.29. The van der Waals surface area contributed by atoms with E-state index in [1.54, 1.807) is 12.7 Å². The van der Waals surface area contributed by atoms with Gasteiger partial charge in [0.15, 0.2) is 0 Å². The number of aromatic nitrogens is 3. The van der Waals surface area contributed by atoms with E-state index in [-0.39, 0.29) is 0 Å². The molecule has 1 aromatic heterocycles. The molecule has 0 spiro atoms. The van der Waals surface area contributed by atoms with Crippen molar-refractivity contribution < 1.29 is 0 Å². The van der Waals surface area contributed by atoms with E-state index >= 15 is 0 Å². The Bertz CT molecular complexity index is 243. The maximum absolute atomic E-state index is 4.05. The molecule has 1 aromatic rings. The van der Waals surface area contributed by atoms with Crippen LogP contribution in [0.4, 0.5) is 0 Å². The van der Waals surface area contributed by atoms with E-state index < -0.39 is 0 Å². The highest BCUT2D eigenvalue weighted by Gasteiger charge is 2.02. The topological polar surface area (TPSA) is 42.7 Å². The molecule has 1 rings (SSSR count). The van der Waals surface area contributed by atoms with Gasteiger partial charge in [0, 0.05) is 12.6 Å². The summed E-state index contributed by atoms with van der Waals surface area (Å²) in [6, 6.07) is 0.593. The number of rotatable bonds is 7. The molecular formula is C11H22N4. The normalized spacial score (nSPS) is 13.3. The third kappa shape index (κ3) is 5.52. The van der Waals surface area contributed by atoms with Gasteiger partial charge in [-0.3, -0.25) is 4.68 Å². The first-order valence-electron chi connectivity index (χ1n) is 5.74. The van der Waals surface area contributed by atoms with Gasteiger partial charge in [-0.2, -0.15) is 5.10 Å². The minimum absolute atomic E-state index is 0.593. The quantitative estimate of drug-likeness (QED) is 0.744. The van der Waals surface area contributed by atoms with Crippen molar-refractivity contribution in [1.29, 1.82) is 0 Å². The molecule has 0 amide bonds. The molecule has 0 bridgehead atoms. The zero-order chi connectivity index (χ0) is 11.1. The standard InChI is InChI=1S/C11H22N4/c1-10(2)4-5-11(3)13-6-7-15-9-12-8-14-15/h8-11,13H,4-7H2,1-3H3. The summed E-state index contributed by atoms with van der Waals surface area (Å²) in [4.78, 5) is 3.90. The SMILES string of the molecule is CC(C)CCC(C)NCCn1cncn1. The monoisotopic (exact) mass is 210 g/mol. The Labute approximate surface area is 92.1 Å². The fourth-order valence-electron chi connectivity index (χ4n) is 1.46. The van der Waals surface area contributed by atoms with E-state index in [9.17, 15) is 0 Å². The van der Waals surface area contributed by atoms with Gasteiger partial charge < -0.3 is 5.32 Å². The van der Waals surface area contributed by atoms with Gasteiger partial charge in [-0.25, -0.2) is 4.98 Å². The van der Waals surface area contributed by atoms with Crippen molar-refractivity contribution in [3.63, 3.8) is 0 Å². The lowest BCUT2D eigenvalue weighted by atomic mass is 10.0. The Hall–Kier alpha value is -0.900. The second-order valence-corrected chi connectivity index (χ2v) is 4.48. The lowest BCUT2D eigenvalue weighted by Gasteiger charge is -2.14. The summed E-state index contributed by atoms with van der Waals surface area (Å²) in [5.74, 6) is 0.796. The fourth-order valence-corrected chi connectivity index (χ4v) is 1.46. The molecule has 1 atom stereocenters. The average molecular weight is 210 g/mol. The smallest absolute Gasteiger partial charge is 0.137 e. The van der Waals surface area contributed by atoms with Crippen molar-refractivity contribution >= 4 is 0 Å². The van der Waals surface area contributed by atoms with Crippen LogP contribution in [0, 0.1) is 5.92 Å². The van der Waals surface area contributed by atoms with E-state index in [1.807, 2.05) is 4.68 Å². The highest BCUT2D eigenvalue weighted by molar-refractivity contribution is 4.63. The summed E-state index contributed by atoms with van der Waals surface area (Å²) >= 11 is 0. The van der Waals surface area contributed by atoms with Crippen molar-refractivity contribution in [2.24, 2.45) is 5.92 Å². The van der Waals surface area contributed by atoms with Crippen molar-refractivity contribution in [1.82, 2.24) is 20.1 Å². The van der Waals surface area contributed by atoms with Crippen molar-refractivity contribution in [3.8, 4) is 0 Å². The molecule has 0 aromatic carbocycles. The Morgan fingerprint density at radius 3 is 2.67 bits per heavy atom. The Balaban J connectivity index is 2.04. The first-order chi connectivity index (χ1) is 7.18. The second-order valence-electron chi connectivity index (χ2n) is 4.48. The molecule has 0 saturated heterocycles. The van der Waals surface area contributed by atoms with Crippen LogP contribution >= 0.6 is 0 Å². The molecule has 0 aliphatic heterocycles. The van der Waals surface area contributed by atoms with Gasteiger partial charge in [-0.15, -0.1) is 0 Å². The molecular weight excluding hydrogens is 188 g/mol. The largest absolute Gasteiger partial charge is 0.312 e. The molecule has 86 valence electrons. The summed E-state index contributed by atoms with van der Waals surface area (Å²) in [7, 11) is 0. The predicted octanol–water partition coefficient (Wildman–Crippen LogP) is 1.69. The number of nitrogens with one attached hydrogen (secondary N) is 1. The highest BCUT2D eigenvalue weighted by atomic mass is 15.3. The fraction of sp³-hybridized carbons (Fsp3) is 0.818. The van der Waals surface area contributed by atoms with Gasteiger partial charge in [-0.05, 0) is 25.7 Å². The van der Waals surface area contributed by atoms with Crippen LogP contribution in [0.25, 0.3) is 0 Å². The van der Waals surface area contributed by atoms with Crippen LogP contribution in [0.15, 0.2) is 12.7 Å². The summed E-state index contributed by atoms with van der Waals surface area (Å²) in [5, 5.41) is 7.54. The first kappa shape index (κ1) is 12.2. The van der Waals surface area contributed by atoms with Gasteiger partial charge in [0.05, 0.1) is 6.54 Å². The Morgan fingerprint density at radius 2 is 2.07 bits per heavy atom.